The summed E-state index contributed by atoms with van der Waals surface area (Å²) >= 11 is 0. The number of halogens is 1. The van der Waals surface area contributed by atoms with Crippen LogP contribution in [-0.4, -0.2) is 30.6 Å². The molecule has 0 aromatic heterocycles. The van der Waals surface area contributed by atoms with E-state index in [1.807, 2.05) is 18.2 Å². The number of benzene rings is 2. The highest BCUT2D eigenvalue weighted by atomic mass is 19.1. The number of hydrogen-bond acceptors (Lipinski definition) is 5. The fraction of sp³-hybridized carbons (Fsp3) is 0.318. The normalized spacial score (nSPS) is 11.5. The highest BCUT2D eigenvalue weighted by Crippen LogP contribution is 2.13. The maximum absolute atomic E-state index is 13.5. The minimum atomic E-state index is -0.988. The molecular formula is C22H25FN2O5. The summed E-state index contributed by atoms with van der Waals surface area (Å²) in [5.41, 5.74) is 1.51. The van der Waals surface area contributed by atoms with Gasteiger partial charge in [-0.05, 0) is 36.1 Å². The van der Waals surface area contributed by atoms with E-state index in [0.717, 1.165) is 5.56 Å². The van der Waals surface area contributed by atoms with E-state index in [0.29, 0.717) is 5.56 Å². The Balaban J connectivity index is 1.83. The van der Waals surface area contributed by atoms with Gasteiger partial charge in [-0.3, -0.25) is 4.79 Å². The van der Waals surface area contributed by atoms with Crippen LogP contribution in [0, 0.1) is 18.7 Å². The number of carbonyl (C=O) groups excluding carboxylic acids is 3. The van der Waals surface area contributed by atoms with E-state index in [2.05, 4.69) is 10.6 Å². The van der Waals surface area contributed by atoms with Gasteiger partial charge in [-0.2, -0.15) is 0 Å². The molecule has 0 unspecified atom stereocenters. The Bertz CT molecular complexity index is 886. The first-order valence-electron chi connectivity index (χ1n) is 9.46. The fourth-order valence-electron chi connectivity index (χ4n) is 2.48. The zero-order valence-corrected chi connectivity index (χ0v) is 17.1. The van der Waals surface area contributed by atoms with Crippen molar-refractivity contribution in [2.75, 3.05) is 11.9 Å². The van der Waals surface area contributed by atoms with Crippen LogP contribution in [0.15, 0.2) is 48.5 Å². The molecule has 1 atom stereocenters. The van der Waals surface area contributed by atoms with E-state index in [-0.39, 0.29) is 18.2 Å². The van der Waals surface area contributed by atoms with Crippen molar-refractivity contribution in [2.45, 2.75) is 33.4 Å². The SMILES string of the molecule is Cc1ccc(NC(=O)COC(=O)[C@@H](NC(=O)OCc2ccccc2)C(C)C)cc1F. The van der Waals surface area contributed by atoms with Gasteiger partial charge in [0.2, 0.25) is 0 Å². The molecular weight excluding hydrogens is 391 g/mol. The first kappa shape index (κ1) is 22.9. The van der Waals surface area contributed by atoms with Gasteiger partial charge in [-0.25, -0.2) is 14.0 Å². The summed E-state index contributed by atoms with van der Waals surface area (Å²) in [7, 11) is 0. The maximum atomic E-state index is 13.5. The van der Waals surface area contributed by atoms with Crippen LogP contribution in [0.4, 0.5) is 14.9 Å². The van der Waals surface area contributed by atoms with Gasteiger partial charge in [0, 0.05) is 5.69 Å². The number of carbonyl (C=O) groups is 3. The zero-order valence-electron chi connectivity index (χ0n) is 17.1. The number of esters is 1. The van der Waals surface area contributed by atoms with Gasteiger partial charge in [0.15, 0.2) is 6.61 Å². The first-order chi connectivity index (χ1) is 14.3. The van der Waals surface area contributed by atoms with E-state index in [1.165, 1.54) is 12.1 Å². The number of rotatable bonds is 8. The molecule has 0 aliphatic carbocycles. The van der Waals surface area contributed by atoms with Crippen LogP contribution in [0.3, 0.4) is 0 Å². The average Bonchev–Trinajstić information content (AvgIpc) is 2.72. The van der Waals surface area contributed by atoms with Gasteiger partial charge in [0.25, 0.3) is 5.91 Å². The van der Waals surface area contributed by atoms with Crippen molar-refractivity contribution in [3.63, 3.8) is 0 Å². The topological polar surface area (TPSA) is 93.7 Å². The summed E-state index contributed by atoms with van der Waals surface area (Å²) in [5.74, 6) is -2.15. The molecule has 0 spiro atoms. The standard InChI is InChI=1S/C22H25FN2O5/c1-14(2)20(25-22(28)30-12-16-7-5-4-6-8-16)21(27)29-13-19(26)24-17-10-9-15(3)18(23)11-17/h4-11,14,20H,12-13H2,1-3H3,(H,24,26)(H,25,28)/t20-/m0/s1. The van der Waals surface area contributed by atoms with Crippen LogP contribution in [0.25, 0.3) is 0 Å². The average molecular weight is 416 g/mol. The Hall–Kier alpha value is -3.42. The predicted molar refractivity (Wildman–Crippen MR) is 109 cm³/mol. The second kappa shape index (κ2) is 10.9. The molecule has 2 N–H and O–H groups in total. The predicted octanol–water partition coefficient (Wildman–Crippen LogP) is 3.57. The van der Waals surface area contributed by atoms with Gasteiger partial charge in [-0.1, -0.05) is 50.2 Å². The van der Waals surface area contributed by atoms with Crippen molar-refractivity contribution in [3.8, 4) is 0 Å². The molecule has 8 heteroatoms. The third kappa shape index (κ3) is 7.20. The number of amides is 2. The second-order valence-corrected chi connectivity index (χ2v) is 7.05. The summed E-state index contributed by atoms with van der Waals surface area (Å²) < 4.78 is 23.7. The Kier molecular flexibility index (Phi) is 8.34. The number of nitrogens with one attached hydrogen (secondary N) is 2. The van der Waals surface area contributed by atoms with Gasteiger partial charge in [0.1, 0.15) is 18.5 Å². The number of hydrogen-bond donors (Lipinski definition) is 2. The van der Waals surface area contributed by atoms with E-state index in [9.17, 15) is 18.8 Å². The molecule has 0 aliphatic heterocycles. The molecule has 0 bridgehead atoms. The molecule has 0 radical (unpaired) electrons. The molecule has 2 aromatic rings. The van der Waals surface area contributed by atoms with Gasteiger partial charge >= 0.3 is 12.1 Å². The lowest BCUT2D eigenvalue weighted by molar-refractivity contribution is -0.150. The van der Waals surface area contributed by atoms with E-state index in [1.54, 1.807) is 39.0 Å². The highest BCUT2D eigenvalue weighted by Gasteiger charge is 2.27. The summed E-state index contributed by atoms with van der Waals surface area (Å²) in [6.07, 6.45) is -0.769. The van der Waals surface area contributed by atoms with Crippen LogP contribution in [0.1, 0.15) is 25.0 Å². The quantitative estimate of drug-likeness (QED) is 0.642. The first-order valence-corrected chi connectivity index (χ1v) is 9.46. The van der Waals surface area contributed by atoms with E-state index < -0.39 is 36.4 Å². The van der Waals surface area contributed by atoms with Crippen LogP contribution in [0.5, 0.6) is 0 Å². The minimum absolute atomic E-state index is 0.0576. The van der Waals surface area contributed by atoms with Gasteiger partial charge < -0.3 is 20.1 Å². The Labute approximate surface area is 174 Å². The minimum Gasteiger partial charge on any atom is -0.454 e. The molecule has 2 amide bonds. The molecule has 7 nitrogen and oxygen atoms in total. The molecule has 0 saturated heterocycles. The fourth-order valence-corrected chi connectivity index (χ4v) is 2.48. The summed E-state index contributed by atoms with van der Waals surface area (Å²) in [4.78, 5) is 36.3. The lowest BCUT2D eigenvalue weighted by atomic mass is 10.1. The number of anilines is 1. The summed E-state index contributed by atoms with van der Waals surface area (Å²) in [5, 5.41) is 4.90. The third-order valence-corrected chi connectivity index (χ3v) is 4.21. The third-order valence-electron chi connectivity index (χ3n) is 4.21. The lowest BCUT2D eigenvalue weighted by Crippen LogP contribution is -2.46. The zero-order chi connectivity index (χ0) is 22.1. The van der Waals surface area contributed by atoms with Gasteiger partial charge in [-0.15, -0.1) is 0 Å². The molecule has 30 heavy (non-hydrogen) atoms. The monoisotopic (exact) mass is 416 g/mol. The maximum Gasteiger partial charge on any atom is 0.408 e. The number of alkyl carbamates (subject to hydrolysis) is 1. The number of ether oxygens (including phenoxy) is 2. The highest BCUT2D eigenvalue weighted by molar-refractivity contribution is 5.93. The van der Waals surface area contributed by atoms with Crippen LogP contribution in [0.2, 0.25) is 0 Å². The van der Waals surface area contributed by atoms with Crippen LogP contribution in [-0.2, 0) is 25.7 Å². The van der Waals surface area contributed by atoms with E-state index in [4.69, 9.17) is 9.47 Å². The van der Waals surface area contributed by atoms with Crippen LogP contribution >= 0.6 is 0 Å². The lowest BCUT2D eigenvalue weighted by Gasteiger charge is -2.20. The van der Waals surface area contributed by atoms with Crippen molar-refractivity contribution in [1.82, 2.24) is 5.32 Å². The molecule has 0 heterocycles. The summed E-state index contributed by atoms with van der Waals surface area (Å²) in [6, 6.07) is 12.4. The molecule has 0 saturated carbocycles. The van der Waals surface area contributed by atoms with Crippen molar-refractivity contribution >= 4 is 23.7 Å². The van der Waals surface area contributed by atoms with Gasteiger partial charge in [0.05, 0.1) is 0 Å². The largest absolute Gasteiger partial charge is 0.454 e. The van der Waals surface area contributed by atoms with Crippen molar-refractivity contribution < 1.29 is 28.2 Å². The van der Waals surface area contributed by atoms with E-state index >= 15 is 0 Å². The molecule has 2 aromatic carbocycles. The summed E-state index contributed by atoms with van der Waals surface area (Å²) in [6.45, 7) is 4.53. The second-order valence-electron chi connectivity index (χ2n) is 7.05. The Morgan fingerprint density at radius 2 is 1.73 bits per heavy atom. The Morgan fingerprint density at radius 1 is 1.03 bits per heavy atom. The van der Waals surface area contributed by atoms with Crippen molar-refractivity contribution in [1.29, 1.82) is 0 Å². The molecule has 0 aliphatic rings. The molecule has 0 fully saturated rings. The molecule has 2 rings (SSSR count). The smallest absolute Gasteiger partial charge is 0.408 e. The molecule has 160 valence electrons. The Morgan fingerprint density at radius 3 is 2.37 bits per heavy atom. The number of aryl methyl sites for hydroxylation is 1. The van der Waals surface area contributed by atoms with Crippen LogP contribution < -0.4 is 10.6 Å². The van der Waals surface area contributed by atoms with Crippen molar-refractivity contribution in [2.24, 2.45) is 5.92 Å². The van der Waals surface area contributed by atoms with Crippen molar-refractivity contribution in [3.05, 3.63) is 65.5 Å².